The summed E-state index contributed by atoms with van der Waals surface area (Å²) >= 11 is 0.899. The Hall–Kier alpha value is -1.15. The van der Waals surface area contributed by atoms with Gasteiger partial charge in [0.2, 0.25) is 5.01 Å². The van der Waals surface area contributed by atoms with Crippen LogP contribution in [0.15, 0.2) is 5.38 Å². The Morgan fingerprint density at radius 1 is 1.62 bits per heavy atom. The molecule has 1 N–H and O–H groups in total. The minimum absolute atomic E-state index is 0.0245. The van der Waals surface area contributed by atoms with Crippen LogP contribution in [0.3, 0.4) is 0 Å². The maximum atomic E-state index is 12.0. The molecule has 0 unspecified atom stereocenters. The van der Waals surface area contributed by atoms with E-state index in [0.717, 1.165) is 16.2 Å². The molecule has 0 amide bonds. The van der Waals surface area contributed by atoms with E-state index < -0.39 is 18.7 Å². The smallest absolute Gasteiger partial charge is 0.401 e. The molecule has 1 rings (SSSR count). The van der Waals surface area contributed by atoms with Crippen molar-refractivity contribution in [3.63, 3.8) is 0 Å². The molecular formula is C8H9F3N2O2S. The fourth-order valence-corrected chi connectivity index (χ4v) is 1.76. The number of thiazole rings is 1. The number of hydrogen-bond acceptors (Lipinski definition) is 4. The second-order valence-corrected chi connectivity index (χ2v) is 4.09. The number of rotatable bonds is 4. The number of nitrogens with zero attached hydrogens (tertiary/aromatic N) is 2. The standard InChI is InChI=1S/C8H9F3N2O2S/c1-13(4-8(9,10)11)2-5-3-16-6(12-5)7(14)15/h3H,2,4H2,1H3,(H,14,15). The average molecular weight is 254 g/mol. The average Bonchev–Trinajstić information content (AvgIpc) is 2.48. The molecule has 0 radical (unpaired) electrons. The van der Waals surface area contributed by atoms with Crippen molar-refractivity contribution in [2.45, 2.75) is 12.7 Å². The van der Waals surface area contributed by atoms with Gasteiger partial charge in [-0.15, -0.1) is 11.3 Å². The first kappa shape index (κ1) is 12.9. The molecule has 0 saturated carbocycles. The number of halogens is 3. The number of carboxylic acid groups (broad SMARTS) is 1. The van der Waals surface area contributed by atoms with Crippen molar-refractivity contribution >= 4 is 17.3 Å². The van der Waals surface area contributed by atoms with Gasteiger partial charge in [0.05, 0.1) is 12.2 Å². The Balaban J connectivity index is 2.56. The molecule has 0 fully saturated rings. The summed E-state index contributed by atoms with van der Waals surface area (Å²) in [6.45, 7) is -1.07. The highest BCUT2D eigenvalue weighted by molar-refractivity contribution is 7.11. The Kier molecular flexibility index (Phi) is 3.87. The van der Waals surface area contributed by atoms with E-state index in [2.05, 4.69) is 4.98 Å². The summed E-state index contributed by atoms with van der Waals surface area (Å²) in [4.78, 5) is 15.2. The highest BCUT2D eigenvalue weighted by Crippen LogP contribution is 2.17. The van der Waals surface area contributed by atoms with E-state index in [1.807, 2.05) is 0 Å². The van der Waals surface area contributed by atoms with Crippen molar-refractivity contribution < 1.29 is 23.1 Å². The lowest BCUT2D eigenvalue weighted by atomic mass is 10.4. The molecular weight excluding hydrogens is 245 g/mol. The molecule has 1 heterocycles. The third-order valence-corrected chi connectivity index (χ3v) is 2.49. The topological polar surface area (TPSA) is 53.4 Å². The maximum absolute atomic E-state index is 12.0. The molecule has 0 saturated heterocycles. The third kappa shape index (κ3) is 4.15. The maximum Gasteiger partial charge on any atom is 0.401 e. The van der Waals surface area contributed by atoms with Gasteiger partial charge in [-0.1, -0.05) is 0 Å². The number of carboxylic acids is 1. The monoisotopic (exact) mass is 254 g/mol. The van der Waals surface area contributed by atoms with Crippen molar-refractivity contribution in [1.82, 2.24) is 9.88 Å². The van der Waals surface area contributed by atoms with Crippen LogP contribution in [0.25, 0.3) is 0 Å². The van der Waals surface area contributed by atoms with Crippen molar-refractivity contribution in [2.24, 2.45) is 0 Å². The van der Waals surface area contributed by atoms with Gasteiger partial charge in [-0.2, -0.15) is 13.2 Å². The molecule has 90 valence electrons. The van der Waals surface area contributed by atoms with Gasteiger partial charge in [0.1, 0.15) is 0 Å². The van der Waals surface area contributed by atoms with Crippen LogP contribution in [0.4, 0.5) is 13.2 Å². The summed E-state index contributed by atoms with van der Waals surface area (Å²) in [5.41, 5.74) is 0.328. The van der Waals surface area contributed by atoms with Gasteiger partial charge in [-0.3, -0.25) is 4.90 Å². The summed E-state index contributed by atoms with van der Waals surface area (Å²) in [6, 6.07) is 0. The summed E-state index contributed by atoms with van der Waals surface area (Å²) < 4.78 is 36.0. The fourth-order valence-electron chi connectivity index (χ4n) is 1.12. The fraction of sp³-hybridized carbons (Fsp3) is 0.500. The predicted octanol–water partition coefficient (Wildman–Crippen LogP) is 1.84. The van der Waals surface area contributed by atoms with Gasteiger partial charge < -0.3 is 5.11 Å². The summed E-state index contributed by atoms with van der Waals surface area (Å²) in [5, 5.41) is 9.90. The summed E-state index contributed by atoms with van der Waals surface area (Å²) in [5.74, 6) is -1.17. The first-order chi connectivity index (χ1) is 7.28. The minimum atomic E-state index is -4.26. The number of alkyl halides is 3. The number of carbonyl (C=O) groups is 1. The van der Waals surface area contributed by atoms with E-state index >= 15 is 0 Å². The van der Waals surface area contributed by atoms with Crippen molar-refractivity contribution in [1.29, 1.82) is 0 Å². The molecule has 0 spiro atoms. The Morgan fingerprint density at radius 2 is 2.25 bits per heavy atom. The number of aromatic carboxylic acids is 1. The van der Waals surface area contributed by atoms with E-state index in [0.29, 0.717) is 5.69 Å². The number of aromatic nitrogens is 1. The van der Waals surface area contributed by atoms with Crippen LogP contribution in [-0.4, -0.2) is 40.7 Å². The van der Waals surface area contributed by atoms with Crippen LogP contribution in [-0.2, 0) is 6.54 Å². The van der Waals surface area contributed by atoms with Gasteiger partial charge in [0.15, 0.2) is 0 Å². The molecule has 0 aliphatic carbocycles. The Morgan fingerprint density at radius 3 is 2.69 bits per heavy atom. The summed E-state index contributed by atoms with van der Waals surface area (Å²) in [7, 11) is 1.30. The van der Waals surface area contributed by atoms with Gasteiger partial charge in [0, 0.05) is 11.9 Å². The van der Waals surface area contributed by atoms with Gasteiger partial charge in [-0.25, -0.2) is 9.78 Å². The van der Waals surface area contributed by atoms with Crippen LogP contribution in [0.1, 0.15) is 15.5 Å². The largest absolute Gasteiger partial charge is 0.476 e. The molecule has 0 bridgehead atoms. The predicted molar refractivity (Wildman–Crippen MR) is 51.5 cm³/mol. The van der Waals surface area contributed by atoms with E-state index in [1.54, 1.807) is 0 Å². The van der Waals surface area contributed by atoms with Crippen LogP contribution >= 0.6 is 11.3 Å². The lowest BCUT2D eigenvalue weighted by molar-refractivity contribution is -0.144. The second kappa shape index (κ2) is 4.79. The zero-order valence-corrected chi connectivity index (χ0v) is 9.10. The lowest BCUT2D eigenvalue weighted by Crippen LogP contribution is -2.30. The highest BCUT2D eigenvalue weighted by Gasteiger charge is 2.29. The summed E-state index contributed by atoms with van der Waals surface area (Å²) in [6.07, 6.45) is -4.26. The zero-order valence-electron chi connectivity index (χ0n) is 8.28. The van der Waals surface area contributed by atoms with Crippen LogP contribution in [0.5, 0.6) is 0 Å². The normalized spacial score (nSPS) is 12.1. The first-order valence-corrected chi connectivity index (χ1v) is 5.09. The van der Waals surface area contributed by atoms with Gasteiger partial charge in [-0.05, 0) is 7.05 Å². The lowest BCUT2D eigenvalue weighted by Gasteiger charge is -2.16. The molecule has 1 aromatic rings. The minimum Gasteiger partial charge on any atom is -0.476 e. The van der Waals surface area contributed by atoms with Gasteiger partial charge >= 0.3 is 12.1 Å². The first-order valence-electron chi connectivity index (χ1n) is 4.21. The zero-order chi connectivity index (χ0) is 12.3. The van der Waals surface area contributed by atoms with Gasteiger partial charge in [0.25, 0.3) is 0 Å². The van der Waals surface area contributed by atoms with E-state index in [4.69, 9.17) is 5.11 Å². The molecule has 8 heteroatoms. The van der Waals surface area contributed by atoms with E-state index in [-0.39, 0.29) is 11.6 Å². The number of hydrogen-bond donors (Lipinski definition) is 1. The molecule has 0 aromatic carbocycles. The second-order valence-electron chi connectivity index (χ2n) is 3.24. The van der Waals surface area contributed by atoms with Crippen molar-refractivity contribution in [3.05, 3.63) is 16.1 Å². The van der Waals surface area contributed by atoms with E-state index in [1.165, 1.54) is 12.4 Å². The van der Waals surface area contributed by atoms with Crippen LogP contribution < -0.4 is 0 Å². The highest BCUT2D eigenvalue weighted by atomic mass is 32.1. The van der Waals surface area contributed by atoms with Crippen molar-refractivity contribution in [2.75, 3.05) is 13.6 Å². The molecule has 1 aromatic heterocycles. The van der Waals surface area contributed by atoms with Crippen molar-refractivity contribution in [3.8, 4) is 0 Å². The quantitative estimate of drug-likeness (QED) is 0.890. The molecule has 0 aliphatic rings. The molecule has 0 atom stereocenters. The third-order valence-electron chi connectivity index (χ3n) is 1.62. The molecule has 0 aliphatic heterocycles. The Bertz CT molecular complexity index is 378. The Labute approximate surface area is 93.3 Å². The molecule has 16 heavy (non-hydrogen) atoms. The SMILES string of the molecule is CN(Cc1csc(C(=O)O)n1)CC(F)(F)F. The van der Waals surface area contributed by atoms with E-state index in [9.17, 15) is 18.0 Å². The van der Waals surface area contributed by atoms with Crippen LogP contribution in [0, 0.1) is 0 Å². The molecule has 4 nitrogen and oxygen atoms in total. The van der Waals surface area contributed by atoms with Crippen LogP contribution in [0.2, 0.25) is 0 Å².